The van der Waals surface area contributed by atoms with Crippen molar-refractivity contribution in [2.75, 3.05) is 36.1 Å². The number of rotatable bonds is 3. The molecule has 5 rings (SSSR count). The lowest BCUT2D eigenvalue weighted by molar-refractivity contribution is 0.156. The molecule has 8 nitrogen and oxygen atoms in total. The Hall–Kier alpha value is -2.75. The fourth-order valence-corrected chi connectivity index (χ4v) is 5.57. The van der Waals surface area contributed by atoms with Crippen LogP contribution in [0, 0.1) is 0 Å². The minimum atomic E-state index is -0.0852. The van der Waals surface area contributed by atoms with Gasteiger partial charge in [-0.3, -0.25) is 0 Å². The van der Waals surface area contributed by atoms with Crippen molar-refractivity contribution in [3.05, 3.63) is 53.3 Å². The fourth-order valence-electron chi connectivity index (χ4n) is 4.56. The van der Waals surface area contributed by atoms with E-state index in [1.807, 2.05) is 12.1 Å². The van der Waals surface area contributed by atoms with Gasteiger partial charge >= 0.3 is 0 Å². The van der Waals surface area contributed by atoms with Crippen molar-refractivity contribution in [3.8, 4) is 5.75 Å². The summed E-state index contributed by atoms with van der Waals surface area (Å²) in [7, 11) is 0. The summed E-state index contributed by atoms with van der Waals surface area (Å²) >= 11 is 7.56. The van der Waals surface area contributed by atoms with Crippen LogP contribution in [0.4, 0.5) is 17.5 Å². The Morgan fingerprint density at radius 3 is 2.66 bits per heavy atom. The number of para-hydroxylation sites is 1. The number of nitrogens with zero attached hydrogens (tertiary/aromatic N) is 4. The van der Waals surface area contributed by atoms with Gasteiger partial charge in [-0.15, -0.1) is 0 Å². The first-order valence-corrected chi connectivity index (χ1v) is 11.6. The molecule has 0 bridgehead atoms. The van der Waals surface area contributed by atoms with Crippen molar-refractivity contribution in [2.45, 2.75) is 34.2 Å². The molecule has 166 valence electrons. The predicted octanol–water partition coefficient (Wildman–Crippen LogP) is 3.10. The second kappa shape index (κ2) is 8.31. The zero-order valence-electron chi connectivity index (χ0n) is 17.4. The van der Waals surface area contributed by atoms with Gasteiger partial charge in [0.25, 0.3) is 0 Å². The van der Waals surface area contributed by atoms with Crippen LogP contribution in [0.2, 0.25) is 5.02 Å². The highest BCUT2D eigenvalue weighted by Gasteiger charge is 2.45. The Balaban J connectivity index is 1.33. The van der Waals surface area contributed by atoms with Gasteiger partial charge in [0.05, 0.1) is 11.2 Å². The van der Waals surface area contributed by atoms with Crippen LogP contribution < -0.4 is 26.8 Å². The number of benzene rings is 1. The molecule has 1 spiro atoms. The van der Waals surface area contributed by atoms with E-state index in [0.29, 0.717) is 22.5 Å². The highest BCUT2D eigenvalue weighted by molar-refractivity contribution is 7.99. The number of halogens is 1. The largest absolute Gasteiger partial charge is 0.492 e. The van der Waals surface area contributed by atoms with Crippen molar-refractivity contribution in [1.29, 1.82) is 0 Å². The molecule has 1 atom stereocenters. The van der Waals surface area contributed by atoms with Crippen LogP contribution in [0.3, 0.4) is 0 Å². The third-order valence-corrected chi connectivity index (χ3v) is 7.95. The van der Waals surface area contributed by atoms with Gasteiger partial charge in [0.1, 0.15) is 29.0 Å². The second-order valence-electron chi connectivity index (χ2n) is 8.09. The number of pyridine rings is 1. The smallest absolute Gasteiger partial charge is 0.158 e. The minimum absolute atomic E-state index is 0.0352. The molecule has 0 amide bonds. The van der Waals surface area contributed by atoms with Gasteiger partial charge in [-0.25, -0.2) is 15.0 Å². The van der Waals surface area contributed by atoms with Gasteiger partial charge in [-0.1, -0.05) is 41.6 Å². The lowest BCUT2D eigenvalue weighted by atomic mass is 9.66. The van der Waals surface area contributed by atoms with Crippen LogP contribution in [0.1, 0.15) is 18.4 Å². The summed E-state index contributed by atoms with van der Waals surface area (Å²) in [6.45, 7) is 2.17. The van der Waals surface area contributed by atoms with E-state index in [9.17, 15) is 0 Å². The molecule has 0 unspecified atom stereocenters. The topological polar surface area (TPSA) is 129 Å². The minimum Gasteiger partial charge on any atom is -0.492 e. The Morgan fingerprint density at radius 1 is 1.09 bits per heavy atom. The maximum absolute atomic E-state index is 6.57. The SMILES string of the molecule is Nc1nc(N2CCC3(CC2)c2ccccc2OC[C@H]3N)cnc1Sc1ccnc(N)c1Cl. The Bertz CT molecular complexity index is 1150. The Morgan fingerprint density at radius 2 is 1.88 bits per heavy atom. The van der Waals surface area contributed by atoms with E-state index in [0.717, 1.165) is 42.4 Å². The van der Waals surface area contributed by atoms with E-state index < -0.39 is 0 Å². The van der Waals surface area contributed by atoms with E-state index in [-0.39, 0.29) is 17.3 Å². The maximum atomic E-state index is 6.57. The average molecular weight is 470 g/mol. The number of aromatic nitrogens is 3. The summed E-state index contributed by atoms with van der Waals surface area (Å²) in [5, 5.41) is 0.965. The third-order valence-electron chi connectivity index (χ3n) is 6.37. The number of nitrogens with two attached hydrogens (primary N) is 3. The first-order chi connectivity index (χ1) is 15.5. The molecule has 0 saturated carbocycles. The van der Waals surface area contributed by atoms with Crippen molar-refractivity contribution in [2.24, 2.45) is 5.73 Å². The molecule has 6 N–H and O–H groups in total. The average Bonchev–Trinajstić information content (AvgIpc) is 2.81. The lowest BCUT2D eigenvalue weighted by Gasteiger charge is -2.48. The number of hydrogen-bond donors (Lipinski definition) is 3. The Labute approximate surface area is 195 Å². The fraction of sp³-hybridized carbons (Fsp3) is 0.318. The molecule has 2 aliphatic rings. The van der Waals surface area contributed by atoms with E-state index in [4.69, 9.17) is 33.5 Å². The quantitative estimate of drug-likeness (QED) is 0.529. The van der Waals surface area contributed by atoms with Crippen LogP contribution in [0.5, 0.6) is 5.75 Å². The Kier molecular flexibility index (Phi) is 5.48. The predicted molar refractivity (Wildman–Crippen MR) is 127 cm³/mol. The molecule has 0 radical (unpaired) electrons. The molecular weight excluding hydrogens is 446 g/mol. The van der Waals surface area contributed by atoms with Crippen molar-refractivity contribution in [3.63, 3.8) is 0 Å². The molecule has 10 heteroatoms. The van der Waals surface area contributed by atoms with E-state index in [1.54, 1.807) is 18.5 Å². The molecule has 1 saturated heterocycles. The van der Waals surface area contributed by atoms with E-state index in [2.05, 4.69) is 32.0 Å². The van der Waals surface area contributed by atoms with Crippen molar-refractivity contribution >= 4 is 40.8 Å². The van der Waals surface area contributed by atoms with Gasteiger partial charge in [-0.2, -0.15) is 0 Å². The summed E-state index contributed by atoms with van der Waals surface area (Å²) in [5.41, 5.74) is 19.7. The van der Waals surface area contributed by atoms with Crippen LogP contribution in [0.25, 0.3) is 0 Å². The number of piperidine rings is 1. The first-order valence-electron chi connectivity index (χ1n) is 10.4. The zero-order valence-corrected chi connectivity index (χ0v) is 18.9. The number of ether oxygens (including phenoxy) is 1. The number of anilines is 3. The lowest BCUT2D eigenvalue weighted by Crippen LogP contribution is -2.57. The van der Waals surface area contributed by atoms with Gasteiger partial charge in [-0.05, 0) is 25.0 Å². The van der Waals surface area contributed by atoms with Gasteiger partial charge in [0.15, 0.2) is 5.82 Å². The van der Waals surface area contributed by atoms with Crippen LogP contribution in [-0.4, -0.2) is 40.7 Å². The molecule has 1 aromatic carbocycles. The first kappa shape index (κ1) is 21.1. The molecule has 3 aromatic rings. The van der Waals surface area contributed by atoms with Crippen LogP contribution in [-0.2, 0) is 5.41 Å². The summed E-state index contributed by atoms with van der Waals surface area (Å²) in [6.07, 6.45) is 5.19. The number of hydrogen-bond acceptors (Lipinski definition) is 9. The third kappa shape index (κ3) is 3.60. The van der Waals surface area contributed by atoms with E-state index in [1.165, 1.54) is 17.3 Å². The molecule has 4 heterocycles. The zero-order chi connectivity index (χ0) is 22.3. The van der Waals surface area contributed by atoms with Crippen molar-refractivity contribution in [1.82, 2.24) is 15.0 Å². The van der Waals surface area contributed by atoms with Gasteiger partial charge in [0, 0.05) is 41.2 Å². The van der Waals surface area contributed by atoms with Crippen LogP contribution in [0.15, 0.2) is 52.6 Å². The molecular formula is C22H24ClN7OS. The van der Waals surface area contributed by atoms with Gasteiger partial charge < -0.3 is 26.8 Å². The molecule has 2 aliphatic heterocycles. The number of fused-ring (bicyclic) bond motifs is 2. The highest BCUT2D eigenvalue weighted by Crippen LogP contribution is 2.45. The number of nitrogen functional groups attached to an aromatic ring is 2. The van der Waals surface area contributed by atoms with Crippen molar-refractivity contribution < 1.29 is 4.74 Å². The van der Waals surface area contributed by atoms with Gasteiger partial charge in [0.2, 0.25) is 0 Å². The summed E-state index contributed by atoms with van der Waals surface area (Å²) in [5.74, 6) is 2.33. The summed E-state index contributed by atoms with van der Waals surface area (Å²) in [6, 6.07) is 9.97. The molecule has 1 fully saturated rings. The highest BCUT2D eigenvalue weighted by atomic mass is 35.5. The van der Waals surface area contributed by atoms with E-state index >= 15 is 0 Å². The standard InChI is InChI=1S/C22H24ClN7OS/c23-18-15(5-8-27-19(18)25)32-21-20(26)29-17(11-28-21)30-9-6-22(7-10-30)13-3-1-2-4-14(13)31-12-16(22)24/h1-5,8,11,16H,6-7,9-10,12,24H2,(H2,25,27)(H2,26,29)/t16-/m1/s1. The normalized spacial score (nSPS) is 19.4. The molecule has 32 heavy (non-hydrogen) atoms. The molecule has 0 aliphatic carbocycles. The maximum Gasteiger partial charge on any atom is 0.158 e. The summed E-state index contributed by atoms with van der Waals surface area (Å²) < 4.78 is 5.87. The monoisotopic (exact) mass is 469 g/mol. The second-order valence-corrected chi connectivity index (χ2v) is 9.49. The summed E-state index contributed by atoms with van der Waals surface area (Å²) in [4.78, 5) is 16.1. The van der Waals surface area contributed by atoms with Crippen LogP contribution >= 0.6 is 23.4 Å². The molecule has 2 aromatic heterocycles.